The summed E-state index contributed by atoms with van der Waals surface area (Å²) in [5.74, 6) is 0. The zero-order valence-corrected chi connectivity index (χ0v) is 10.8. The van der Waals surface area contributed by atoms with Gasteiger partial charge in [-0.3, -0.25) is 0 Å². The van der Waals surface area contributed by atoms with Crippen LogP contribution in [0, 0.1) is 0 Å². The molecule has 0 amide bonds. The second-order valence-corrected chi connectivity index (χ2v) is 4.07. The number of hydrogen-bond acceptors (Lipinski definition) is 2. The number of ether oxygens (including phenoxy) is 2. The fourth-order valence-electron chi connectivity index (χ4n) is 1.67. The lowest BCUT2D eigenvalue weighted by Gasteiger charge is -2.14. The largest absolute Gasteiger partial charge is 0.379 e. The summed E-state index contributed by atoms with van der Waals surface area (Å²) in [4.78, 5) is 0. The first-order chi connectivity index (χ1) is 7.35. The monoisotopic (exact) mass is 216 g/mol. The van der Waals surface area contributed by atoms with Crippen molar-refractivity contribution in [1.82, 2.24) is 0 Å². The van der Waals surface area contributed by atoms with Gasteiger partial charge in [-0.15, -0.1) is 0 Å². The van der Waals surface area contributed by atoms with E-state index in [1.54, 1.807) is 7.11 Å². The SMILES string of the molecule is CCCCCCCCC(COCC)OC. The molecule has 15 heavy (non-hydrogen) atoms. The van der Waals surface area contributed by atoms with Gasteiger partial charge in [0.25, 0.3) is 0 Å². The maximum Gasteiger partial charge on any atom is 0.0804 e. The number of rotatable bonds is 11. The second-order valence-electron chi connectivity index (χ2n) is 4.07. The molecule has 1 unspecified atom stereocenters. The summed E-state index contributed by atoms with van der Waals surface area (Å²) in [6.45, 7) is 5.82. The lowest BCUT2D eigenvalue weighted by molar-refractivity contribution is 0.00716. The first-order valence-electron chi connectivity index (χ1n) is 6.45. The Morgan fingerprint density at radius 3 is 2.20 bits per heavy atom. The van der Waals surface area contributed by atoms with Crippen LogP contribution < -0.4 is 0 Å². The van der Waals surface area contributed by atoms with Crippen molar-refractivity contribution in [3.8, 4) is 0 Å². The molecule has 0 aliphatic rings. The molecule has 0 fully saturated rings. The Balaban J connectivity index is 3.22. The van der Waals surface area contributed by atoms with E-state index >= 15 is 0 Å². The van der Waals surface area contributed by atoms with Gasteiger partial charge in [0, 0.05) is 13.7 Å². The molecular weight excluding hydrogens is 188 g/mol. The molecule has 2 nitrogen and oxygen atoms in total. The molecule has 0 aliphatic heterocycles. The van der Waals surface area contributed by atoms with Crippen molar-refractivity contribution in [1.29, 1.82) is 0 Å². The van der Waals surface area contributed by atoms with Crippen molar-refractivity contribution in [3.63, 3.8) is 0 Å². The zero-order valence-electron chi connectivity index (χ0n) is 10.8. The van der Waals surface area contributed by atoms with Gasteiger partial charge in [-0.2, -0.15) is 0 Å². The van der Waals surface area contributed by atoms with E-state index < -0.39 is 0 Å². The van der Waals surface area contributed by atoms with Gasteiger partial charge in [0.2, 0.25) is 0 Å². The van der Waals surface area contributed by atoms with Crippen LogP contribution in [0.2, 0.25) is 0 Å². The molecule has 0 heterocycles. The van der Waals surface area contributed by atoms with Crippen LogP contribution in [0.15, 0.2) is 0 Å². The minimum absolute atomic E-state index is 0.302. The molecule has 0 bridgehead atoms. The third-order valence-electron chi connectivity index (χ3n) is 2.72. The van der Waals surface area contributed by atoms with Gasteiger partial charge in [-0.05, 0) is 13.3 Å². The summed E-state index contributed by atoms with van der Waals surface area (Å²) in [6, 6.07) is 0. The lowest BCUT2D eigenvalue weighted by atomic mass is 10.1. The fourth-order valence-corrected chi connectivity index (χ4v) is 1.67. The first-order valence-corrected chi connectivity index (χ1v) is 6.45. The Bertz CT molecular complexity index is 115. The summed E-state index contributed by atoms with van der Waals surface area (Å²) in [6.07, 6.45) is 9.52. The molecule has 1 atom stereocenters. The molecule has 0 rings (SSSR count). The van der Waals surface area contributed by atoms with Crippen molar-refractivity contribution in [2.24, 2.45) is 0 Å². The van der Waals surface area contributed by atoms with Gasteiger partial charge in [-0.25, -0.2) is 0 Å². The molecule has 0 aliphatic carbocycles. The summed E-state index contributed by atoms with van der Waals surface area (Å²) < 4.78 is 10.7. The van der Waals surface area contributed by atoms with Crippen LogP contribution in [-0.2, 0) is 9.47 Å². The Morgan fingerprint density at radius 2 is 1.60 bits per heavy atom. The van der Waals surface area contributed by atoms with Gasteiger partial charge in [0.15, 0.2) is 0 Å². The van der Waals surface area contributed by atoms with E-state index in [0.717, 1.165) is 19.6 Å². The average Bonchev–Trinajstić information content (AvgIpc) is 2.27. The molecule has 92 valence electrons. The van der Waals surface area contributed by atoms with Crippen molar-refractivity contribution in [3.05, 3.63) is 0 Å². The van der Waals surface area contributed by atoms with Gasteiger partial charge in [0.05, 0.1) is 12.7 Å². The summed E-state index contributed by atoms with van der Waals surface area (Å²) >= 11 is 0. The highest BCUT2D eigenvalue weighted by Crippen LogP contribution is 2.10. The van der Waals surface area contributed by atoms with Crippen molar-refractivity contribution >= 4 is 0 Å². The van der Waals surface area contributed by atoms with Crippen molar-refractivity contribution < 1.29 is 9.47 Å². The lowest BCUT2D eigenvalue weighted by Crippen LogP contribution is -2.18. The summed E-state index contributed by atoms with van der Waals surface area (Å²) in [5, 5.41) is 0. The van der Waals surface area contributed by atoms with E-state index in [0.29, 0.717) is 6.10 Å². The van der Waals surface area contributed by atoms with Crippen LogP contribution in [0.4, 0.5) is 0 Å². The maximum absolute atomic E-state index is 5.36. The quantitative estimate of drug-likeness (QED) is 0.489. The Labute approximate surface area is 95.3 Å². The third-order valence-corrected chi connectivity index (χ3v) is 2.72. The summed E-state index contributed by atoms with van der Waals surface area (Å²) in [5.41, 5.74) is 0. The Hall–Kier alpha value is -0.0800. The van der Waals surface area contributed by atoms with E-state index in [9.17, 15) is 0 Å². The van der Waals surface area contributed by atoms with Crippen LogP contribution in [0.5, 0.6) is 0 Å². The predicted octanol–water partition coefficient (Wildman–Crippen LogP) is 3.79. The normalized spacial score (nSPS) is 13.0. The molecule has 2 heteroatoms. The Morgan fingerprint density at radius 1 is 0.933 bits per heavy atom. The second kappa shape index (κ2) is 12.0. The van der Waals surface area contributed by atoms with Crippen LogP contribution in [-0.4, -0.2) is 26.4 Å². The minimum atomic E-state index is 0.302. The number of unbranched alkanes of at least 4 members (excludes halogenated alkanes) is 5. The number of methoxy groups -OCH3 is 1. The van der Waals surface area contributed by atoms with Crippen LogP contribution in [0.25, 0.3) is 0 Å². The standard InChI is InChI=1S/C13H28O2/c1-4-6-7-8-9-10-11-13(14-3)12-15-5-2/h13H,4-12H2,1-3H3. The van der Waals surface area contributed by atoms with E-state index in [1.807, 2.05) is 6.92 Å². The molecular formula is C13H28O2. The molecule has 0 spiro atoms. The average molecular weight is 216 g/mol. The molecule has 0 aromatic carbocycles. The third kappa shape index (κ3) is 10.2. The zero-order chi connectivity index (χ0) is 11.4. The highest BCUT2D eigenvalue weighted by molar-refractivity contribution is 4.56. The van der Waals surface area contributed by atoms with Crippen molar-refractivity contribution in [2.75, 3.05) is 20.3 Å². The maximum atomic E-state index is 5.36. The van der Waals surface area contributed by atoms with E-state index in [1.165, 1.54) is 38.5 Å². The van der Waals surface area contributed by atoms with E-state index in [4.69, 9.17) is 9.47 Å². The predicted molar refractivity (Wildman–Crippen MR) is 65.3 cm³/mol. The van der Waals surface area contributed by atoms with Crippen LogP contribution >= 0.6 is 0 Å². The van der Waals surface area contributed by atoms with Crippen LogP contribution in [0.3, 0.4) is 0 Å². The van der Waals surface area contributed by atoms with E-state index in [2.05, 4.69) is 6.92 Å². The van der Waals surface area contributed by atoms with Gasteiger partial charge >= 0.3 is 0 Å². The first kappa shape index (κ1) is 14.9. The topological polar surface area (TPSA) is 18.5 Å². The molecule has 0 radical (unpaired) electrons. The fraction of sp³-hybridized carbons (Fsp3) is 1.00. The molecule has 0 aromatic heterocycles. The minimum Gasteiger partial charge on any atom is -0.379 e. The van der Waals surface area contributed by atoms with Crippen molar-refractivity contribution in [2.45, 2.75) is 64.9 Å². The smallest absolute Gasteiger partial charge is 0.0804 e. The molecule has 0 aromatic rings. The highest BCUT2D eigenvalue weighted by atomic mass is 16.5. The highest BCUT2D eigenvalue weighted by Gasteiger charge is 2.06. The summed E-state index contributed by atoms with van der Waals surface area (Å²) in [7, 11) is 1.78. The van der Waals surface area contributed by atoms with Gasteiger partial charge < -0.3 is 9.47 Å². The molecule has 0 saturated heterocycles. The molecule has 0 N–H and O–H groups in total. The van der Waals surface area contributed by atoms with Gasteiger partial charge in [-0.1, -0.05) is 45.4 Å². The van der Waals surface area contributed by atoms with E-state index in [-0.39, 0.29) is 0 Å². The van der Waals surface area contributed by atoms with Gasteiger partial charge in [0.1, 0.15) is 0 Å². The van der Waals surface area contributed by atoms with Crippen LogP contribution in [0.1, 0.15) is 58.8 Å². The Kier molecular flexibility index (Phi) is 11.9. The molecule has 0 saturated carbocycles. The number of hydrogen-bond donors (Lipinski definition) is 0.